The summed E-state index contributed by atoms with van der Waals surface area (Å²) in [5.74, 6) is -0.160. The summed E-state index contributed by atoms with van der Waals surface area (Å²) in [6.45, 7) is 2.46. The lowest BCUT2D eigenvalue weighted by Crippen LogP contribution is -2.30. The molecule has 1 aromatic rings. The number of ether oxygens (including phenoxy) is 1. The summed E-state index contributed by atoms with van der Waals surface area (Å²) in [7, 11) is 3.90. The van der Waals surface area contributed by atoms with Crippen molar-refractivity contribution in [3.63, 3.8) is 0 Å². The molecule has 0 aliphatic rings. The van der Waals surface area contributed by atoms with Gasteiger partial charge in [-0.2, -0.15) is 0 Å². The van der Waals surface area contributed by atoms with Crippen LogP contribution in [0.15, 0.2) is 18.5 Å². The van der Waals surface area contributed by atoms with Gasteiger partial charge in [0, 0.05) is 12.2 Å². The standard InChI is InChI=1S/C10H15FN2O/c1-8(13(2)3)7-14-10-6-12-5-4-9(10)11/h4-6,8H,7H2,1-3H3/t8-/m1/s1. The van der Waals surface area contributed by atoms with Gasteiger partial charge in [0.1, 0.15) is 6.61 Å². The maximum absolute atomic E-state index is 13.1. The predicted molar refractivity (Wildman–Crippen MR) is 52.8 cm³/mol. The van der Waals surface area contributed by atoms with E-state index in [4.69, 9.17) is 4.74 Å². The lowest BCUT2D eigenvalue weighted by molar-refractivity contribution is 0.192. The second-order valence-corrected chi connectivity index (χ2v) is 3.43. The van der Waals surface area contributed by atoms with E-state index in [9.17, 15) is 4.39 Å². The maximum atomic E-state index is 13.1. The first-order valence-corrected chi connectivity index (χ1v) is 4.50. The number of rotatable bonds is 4. The Balaban J connectivity index is 2.50. The van der Waals surface area contributed by atoms with Crippen molar-refractivity contribution in [2.24, 2.45) is 0 Å². The third kappa shape index (κ3) is 2.96. The molecule has 0 saturated heterocycles. The Labute approximate surface area is 83.5 Å². The van der Waals surface area contributed by atoms with Crippen LogP contribution in [-0.4, -0.2) is 36.6 Å². The van der Waals surface area contributed by atoms with Crippen LogP contribution in [0.5, 0.6) is 5.75 Å². The molecule has 1 heterocycles. The van der Waals surface area contributed by atoms with Crippen LogP contribution >= 0.6 is 0 Å². The van der Waals surface area contributed by atoms with E-state index in [1.165, 1.54) is 18.5 Å². The largest absolute Gasteiger partial charge is 0.487 e. The Bertz CT molecular complexity index is 291. The summed E-state index contributed by atoms with van der Waals surface area (Å²) >= 11 is 0. The predicted octanol–water partition coefficient (Wildman–Crippen LogP) is 1.55. The second kappa shape index (κ2) is 4.91. The third-order valence-corrected chi connectivity index (χ3v) is 2.10. The molecule has 1 atom stereocenters. The van der Waals surface area contributed by atoms with Crippen LogP contribution in [0.3, 0.4) is 0 Å². The van der Waals surface area contributed by atoms with Crippen LogP contribution in [0.25, 0.3) is 0 Å². The summed E-state index contributed by atoms with van der Waals surface area (Å²) in [6, 6.07) is 1.53. The van der Waals surface area contributed by atoms with Crippen LogP contribution in [0.4, 0.5) is 4.39 Å². The van der Waals surface area contributed by atoms with Crippen LogP contribution in [0, 0.1) is 5.82 Å². The minimum Gasteiger partial charge on any atom is -0.487 e. The Morgan fingerprint density at radius 3 is 2.86 bits per heavy atom. The molecule has 3 nitrogen and oxygen atoms in total. The first-order valence-electron chi connectivity index (χ1n) is 4.50. The van der Waals surface area contributed by atoms with Crippen molar-refractivity contribution in [3.05, 3.63) is 24.3 Å². The van der Waals surface area contributed by atoms with Gasteiger partial charge in [0.2, 0.25) is 0 Å². The van der Waals surface area contributed by atoms with Gasteiger partial charge in [-0.1, -0.05) is 0 Å². The molecule has 0 spiro atoms. The molecule has 0 bridgehead atoms. The van der Waals surface area contributed by atoms with Gasteiger partial charge in [-0.15, -0.1) is 0 Å². The van der Waals surface area contributed by atoms with Gasteiger partial charge in [-0.3, -0.25) is 4.98 Å². The molecule has 78 valence electrons. The minimum absolute atomic E-state index is 0.209. The molecule has 0 fully saturated rings. The molecule has 1 rings (SSSR count). The SMILES string of the molecule is C[C@H](COc1cnccc1F)N(C)C. The van der Waals surface area contributed by atoms with E-state index in [1.54, 1.807) is 0 Å². The van der Waals surface area contributed by atoms with E-state index in [-0.39, 0.29) is 17.6 Å². The quantitative estimate of drug-likeness (QED) is 0.734. The fourth-order valence-electron chi connectivity index (χ4n) is 0.829. The van der Waals surface area contributed by atoms with E-state index in [1.807, 2.05) is 25.9 Å². The summed E-state index contributed by atoms with van der Waals surface area (Å²) in [5, 5.41) is 0. The van der Waals surface area contributed by atoms with Gasteiger partial charge in [-0.25, -0.2) is 4.39 Å². The van der Waals surface area contributed by atoms with Gasteiger partial charge in [0.25, 0.3) is 0 Å². The monoisotopic (exact) mass is 198 g/mol. The molecule has 0 amide bonds. The number of aromatic nitrogens is 1. The van der Waals surface area contributed by atoms with Crippen molar-refractivity contribution >= 4 is 0 Å². The molecule has 0 unspecified atom stereocenters. The van der Waals surface area contributed by atoms with Crippen molar-refractivity contribution < 1.29 is 9.13 Å². The minimum atomic E-state index is -0.369. The molecular weight excluding hydrogens is 183 g/mol. The number of pyridine rings is 1. The van der Waals surface area contributed by atoms with E-state index in [0.29, 0.717) is 6.61 Å². The summed E-state index contributed by atoms with van der Waals surface area (Å²) in [6.07, 6.45) is 2.79. The maximum Gasteiger partial charge on any atom is 0.173 e. The first-order chi connectivity index (χ1) is 6.61. The van der Waals surface area contributed by atoms with Crippen LogP contribution < -0.4 is 4.74 Å². The van der Waals surface area contributed by atoms with Crippen molar-refractivity contribution in [2.45, 2.75) is 13.0 Å². The smallest absolute Gasteiger partial charge is 0.173 e. The molecule has 0 aliphatic heterocycles. The van der Waals surface area contributed by atoms with E-state index < -0.39 is 0 Å². The Morgan fingerprint density at radius 2 is 2.29 bits per heavy atom. The van der Waals surface area contributed by atoms with E-state index in [2.05, 4.69) is 4.98 Å². The van der Waals surface area contributed by atoms with Crippen molar-refractivity contribution in [2.75, 3.05) is 20.7 Å². The first kappa shape index (κ1) is 10.9. The second-order valence-electron chi connectivity index (χ2n) is 3.43. The number of likely N-dealkylation sites (N-methyl/N-ethyl adjacent to an activating group) is 1. The fraction of sp³-hybridized carbons (Fsp3) is 0.500. The zero-order valence-electron chi connectivity index (χ0n) is 8.70. The highest BCUT2D eigenvalue weighted by Gasteiger charge is 2.07. The average Bonchev–Trinajstić information content (AvgIpc) is 2.16. The summed E-state index contributed by atoms with van der Waals surface area (Å²) < 4.78 is 18.3. The normalized spacial score (nSPS) is 12.9. The lowest BCUT2D eigenvalue weighted by Gasteiger charge is -2.19. The molecule has 4 heteroatoms. The number of nitrogens with zero attached hydrogens (tertiary/aromatic N) is 2. The van der Waals surface area contributed by atoms with Gasteiger partial charge in [0.05, 0.1) is 6.20 Å². The Kier molecular flexibility index (Phi) is 3.83. The molecule has 0 N–H and O–H groups in total. The molecular formula is C10H15FN2O. The molecule has 0 aromatic carbocycles. The van der Waals surface area contributed by atoms with E-state index in [0.717, 1.165) is 0 Å². The van der Waals surface area contributed by atoms with Gasteiger partial charge in [0.15, 0.2) is 11.6 Å². The van der Waals surface area contributed by atoms with Crippen LogP contribution in [-0.2, 0) is 0 Å². The zero-order valence-corrected chi connectivity index (χ0v) is 8.70. The van der Waals surface area contributed by atoms with Gasteiger partial charge >= 0.3 is 0 Å². The van der Waals surface area contributed by atoms with Gasteiger partial charge < -0.3 is 9.64 Å². The number of hydrogen-bond donors (Lipinski definition) is 0. The van der Waals surface area contributed by atoms with Crippen molar-refractivity contribution in [3.8, 4) is 5.75 Å². The highest BCUT2D eigenvalue weighted by Crippen LogP contribution is 2.13. The highest BCUT2D eigenvalue weighted by atomic mass is 19.1. The Morgan fingerprint density at radius 1 is 1.57 bits per heavy atom. The Hall–Kier alpha value is -1.16. The topological polar surface area (TPSA) is 25.4 Å². The zero-order chi connectivity index (χ0) is 10.6. The van der Waals surface area contributed by atoms with Crippen LogP contribution in [0.1, 0.15) is 6.92 Å². The average molecular weight is 198 g/mol. The number of hydrogen-bond acceptors (Lipinski definition) is 3. The highest BCUT2D eigenvalue weighted by molar-refractivity contribution is 5.18. The van der Waals surface area contributed by atoms with Crippen molar-refractivity contribution in [1.82, 2.24) is 9.88 Å². The van der Waals surface area contributed by atoms with Crippen LogP contribution in [0.2, 0.25) is 0 Å². The third-order valence-electron chi connectivity index (χ3n) is 2.10. The molecule has 14 heavy (non-hydrogen) atoms. The van der Waals surface area contributed by atoms with E-state index >= 15 is 0 Å². The van der Waals surface area contributed by atoms with Crippen molar-refractivity contribution in [1.29, 1.82) is 0 Å². The molecule has 0 saturated carbocycles. The molecule has 0 aliphatic carbocycles. The summed E-state index contributed by atoms with van der Waals surface area (Å²) in [5.41, 5.74) is 0. The summed E-state index contributed by atoms with van der Waals surface area (Å²) in [4.78, 5) is 5.80. The van der Waals surface area contributed by atoms with Gasteiger partial charge in [-0.05, 0) is 27.1 Å². The molecule has 0 radical (unpaired) electrons. The number of halogens is 1. The fourth-order valence-corrected chi connectivity index (χ4v) is 0.829. The lowest BCUT2D eigenvalue weighted by atomic mass is 10.3. The molecule has 1 aromatic heterocycles.